The molecular formula is C19H23BrN4O3. The molecule has 1 fully saturated rings. The molecule has 7 nitrogen and oxygen atoms in total. The topological polar surface area (TPSA) is 77.8 Å². The van der Waals surface area contributed by atoms with E-state index >= 15 is 0 Å². The van der Waals surface area contributed by atoms with Gasteiger partial charge in [0.15, 0.2) is 0 Å². The van der Waals surface area contributed by atoms with Crippen LogP contribution in [0.25, 0.3) is 0 Å². The number of para-hydroxylation sites is 1. The Kier molecular flexibility index (Phi) is 7.03. The number of hydrogen-bond acceptors (Lipinski definition) is 5. The number of nitrogens with zero attached hydrogens (tertiary/aromatic N) is 2. The Labute approximate surface area is 166 Å². The number of hydrogen-bond donors (Lipinski definition) is 2. The van der Waals surface area contributed by atoms with Gasteiger partial charge in [0.2, 0.25) is 11.8 Å². The first-order valence-electron chi connectivity index (χ1n) is 8.88. The van der Waals surface area contributed by atoms with Crippen LogP contribution in [0.15, 0.2) is 51.6 Å². The van der Waals surface area contributed by atoms with Gasteiger partial charge in [-0.2, -0.15) is 0 Å². The maximum absolute atomic E-state index is 12.1. The molecule has 2 N–H and O–H groups in total. The highest BCUT2D eigenvalue weighted by atomic mass is 79.9. The molecular weight excluding hydrogens is 412 g/mol. The molecule has 2 aromatic rings. The van der Waals surface area contributed by atoms with Crippen LogP contribution in [0, 0.1) is 0 Å². The third kappa shape index (κ3) is 6.20. The van der Waals surface area contributed by atoms with Gasteiger partial charge in [-0.05, 0) is 40.2 Å². The van der Waals surface area contributed by atoms with Gasteiger partial charge in [-0.3, -0.25) is 19.4 Å². The maximum Gasteiger partial charge on any atom is 0.243 e. The summed E-state index contributed by atoms with van der Waals surface area (Å²) in [6, 6.07) is 11.2. The molecule has 1 aliphatic heterocycles. The molecule has 0 atom stereocenters. The first-order valence-corrected chi connectivity index (χ1v) is 9.67. The Bertz CT molecular complexity index is 758. The summed E-state index contributed by atoms with van der Waals surface area (Å²) in [4.78, 5) is 28.5. The van der Waals surface area contributed by atoms with Crippen LogP contribution >= 0.6 is 15.9 Å². The fourth-order valence-corrected chi connectivity index (χ4v) is 3.31. The van der Waals surface area contributed by atoms with Gasteiger partial charge in [-0.15, -0.1) is 0 Å². The average Bonchev–Trinajstić information content (AvgIpc) is 3.17. The number of benzene rings is 1. The molecule has 1 aromatic heterocycles. The average molecular weight is 435 g/mol. The summed E-state index contributed by atoms with van der Waals surface area (Å²) < 4.78 is 6.17. The first kappa shape index (κ1) is 19.6. The Morgan fingerprint density at radius 1 is 1.00 bits per heavy atom. The molecule has 2 amide bonds. The highest BCUT2D eigenvalue weighted by Crippen LogP contribution is 2.20. The lowest BCUT2D eigenvalue weighted by molar-refractivity contribution is -0.125. The molecule has 3 rings (SSSR count). The normalized spacial score (nSPS) is 15.4. The molecule has 0 aliphatic carbocycles. The summed E-state index contributed by atoms with van der Waals surface area (Å²) in [5, 5.41) is 5.45. The Balaban J connectivity index is 1.34. The van der Waals surface area contributed by atoms with Gasteiger partial charge in [0.1, 0.15) is 5.76 Å². The predicted molar refractivity (Wildman–Crippen MR) is 106 cm³/mol. The van der Waals surface area contributed by atoms with Gasteiger partial charge < -0.3 is 15.1 Å². The molecule has 0 bridgehead atoms. The number of nitrogens with one attached hydrogen (secondary N) is 2. The van der Waals surface area contributed by atoms with E-state index in [0.717, 1.165) is 43.0 Å². The van der Waals surface area contributed by atoms with Crippen molar-refractivity contribution in [1.29, 1.82) is 0 Å². The van der Waals surface area contributed by atoms with Gasteiger partial charge in [0, 0.05) is 30.7 Å². The van der Waals surface area contributed by atoms with Crippen molar-refractivity contribution in [3.05, 3.63) is 52.9 Å². The zero-order chi connectivity index (χ0) is 19.1. The molecule has 27 heavy (non-hydrogen) atoms. The Hall–Kier alpha value is -2.16. The van der Waals surface area contributed by atoms with E-state index in [1.54, 1.807) is 12.3 Å². The van der Waals surface area contributed by atoms with Crippen LogP contribution in [0.4, 0.5) is 5.69 Å². The van der Waals surface area contributed by atoms with Crippen LogP contribution in [-0.4, -0.2) is 60.9 Å². The van der Waals surface area contributed by atoms with E-state index in [1.165, 1.54) is 0 Å². The second-order valence-electron chi connectivity index (χ2n) is 6.44. The molecule has 8 heteroatoms. The molecule has 0 radical (unpaired) electrons. The van der Waals surface area contributed by atoms with Crippen LogP contribution in [0.3, 0.4) is 0 Å². The van der Waals surface area contributed by atoms with Crippen LogP contribution in [0.2, 0.25) is 0 Å². The van der Waals surface area contributed by atoms with Crippen molar-refractivity contribution >= 4 is 33.4 Å². The van der Waals surface area contributed by atoms with Crippen molar-refractivity contribution in [1.82, 2.24) is 15.1 Å². The zero-order valence-electron chi connectivity index (χ0n) is 15.0. The molecule has 1 saturated heterocycles. The summed E-state index contributed by atoms with van der Waals surface area (Å²) in [6.45, 7) is 4.46. The number of carbonyl (C=O) groups excluding carboxylic acids is 2. The fraction of sp³-hybridized carbons (Fsp3) is 0.368. The van der Waals surface area contributed by atoms with E-state index in [2.05, 4.69) is 36.4 Å². The van der Waals surface area contributed by atoms with Gasteiger partial charge in [-0.1, -0.05) is 12.1 Å². The molecule has 144 valence electrons. The van der Waals surface area contributed by atoms with Crippen molar-refractivity contribution in [3.63, 3.8) is 0 Å². The van der Waals surface area contributed by atoms with Crippen molar-refractivity contribution in [2.75, 3.05) is 44.6 Å². The summed E-state index contributed by atoms with van der Waals surface area (Å²) in [5.41, 5.74) is 0.685. The van der Waals surface area contributed by atoms with E-state index in [9.17, 15) is 9.59 Å². The molecule has 1 aromatic carbocycles. The molecule has 0 spiro atoms. The fourth-order valence-electron chi connectivity index (χ4n) is 2.92. The highest BCUT2D eigenvalue weighted by molar-refractivity contribution is 9.10. The monoisotopic (exact) mass is 434 g/mol. The molecule has 0 saturated carbocycles. The van der Waals surface area contributed by atoms with E-state index in [1.807, 2.05) is 30.3 Å². The first-order chi connectivity index (χ1) is 13.1. The van der Waals surface area contributed by atoms with Crippen molar-refractivity contribution in [3.8, 4) is 0 Å². The molecule has 0 unspecified atom stereocenters. The largest absolute Gasteiger partial charge is 0.468 e. The van der Waals surface area contributed by atoms with Crippen LogP contribution in [0.1, 0.15) is 5.76 Å². The van der Waals surface area contributed by atoms with Crippen LogP contribution in [0.5, 0.6) is 0 Å². The zero-order valence-corrected chi connectivity index (χ0v) is 16.6. The predicted octanol–water partition coefficient (Wildman–Crippen LogP) is 1.91. The highest BCUT2D eigenvalue weighted by Gasteiger charge is 2.19. The smallest absolute Gasteiger partial charge is 0.243 e. The second-order valence-corrected chi connectivity index (χ2v) is 7.29. The summed E-state index contributed by atoms with van der Waals surface area (Å²) in [7, 11) is 0. The van der Waals surface area contributed by atoms with Crippen molar-refractivity contribution < 1.29 is 14.0 Å². The minimum Gasteiger partial charge on any atom is -0.468 e. The van der Waals surface area contributed by atoms with E-state index in [4.69, 9.17) is 4.42 Å². The quantitative estimate of drug-likeness (QED) is 0.695. The van der Waals surface area contributed by atoms with Gasteiger partial charge in [0.25, 0.3) is 0 Å². The van der Waals surface area contributed by atoms with E-state index in [-0.39, 0.29) is 18.4 Å². The number of furan rings is 1. The Morgan fingerprint density at radius 2 is 1.74 bits per heavy atom. The number of halogens is 1. The van der Waals surface area contributed by atoms with Crippen molar-refractivity contribution in [2.45, 2.75) is 6.54 Å². The van der Waals surface area contributed by atoms with Crippen molar-refractivity contribution in [2.24, 2.45) is 0 Å². The third-order valence-electron chi connectivity index (χ3n) is 4.39. The van der Waals surface area contributed by atoms with E-state index in [0.29, 0.717) is 12.2 Å². The lowest BCUT2D eigenvalue weighted by atomic mass is 10.3. The van der Waals surface area contributed by atoms with Gasteiger partial charge in [-0.25, -0.2) is 0 Å². The van der Waals surface area contributed by atoms with Crippen LogP contribution in [-0.2, 0) is 16.1 Å². The van der Waals surface area contributed by atoms with Gasteiger partial charge in [0.05, 0.1) is 31.6 Å². The third-order valence-corrected chi connectivity index (χ3v) is 5.08. The minimum atomic E-state index is -0.251. The minimum absolute atomic E-state index is 0.0430. The summed E-state index contributed by atoms with van der Waals surface area (Å²) in [6.07, 6.45) is 1.68. The summed E-state index contributed by atoms with van der Waals surface area (Å²) >= 11 is 3.38. The standard InChI is InChI=1S/C19H23BrN4O3/c20-16-5-1-2-6-17(16)22-18(25)12-21-19(26)14-24-9-7-23(8-10-24)13-15-4-3-11-27-15/h1-6,11H,7-10,12-14H2,(H,21,26)(H,22,25). The lowest BCUT2D eigenvalue weighted by Gasteiger charge is -2.33. The molecule has 1 aliphatic rings. The van der Waals surface area contributed by atoms with Crippen LogP contribution < -0.4 is 10.6 Å². The maximum atomic E-state index is 12.1. The number of carbonyl (C=O) groups is 2. The number of amides is 2. The van der Waals surface area contributed by atoms with Gasteiger partial charge >= 0.3 is 0 Å². The number of piperazine rings is 1. The summed E-state index contributed by atoms with van der Waals surface area (Å²) in [5.74, 6) is 0.563. The number of anilines is 1. The van der Waals surface area contributed by atoms with E-state index < -0.39 is 0 Å². The number of rotatable bonds is 7. The molecule has 2 heterocycles. The second kappa shape index (κ2) is 9.68. The lowest BCUT2D eigenvalue weighted by Crippen LogP contribution is -2.49. The Morgan fingerprint density at radius 3 is 2.44 bits per heavy atom. The SMILES string of the molecule is O=C(CN1CCN(Cc2ccco2)CC1)NCC(=O)Nc1ccccc1Br.